The number of nitrogens with one attached hydrogen (secondary N) is 1. The number of unbranched alkanes of at least 4 members (excludes halogenated alkanes) is 1. The van der Waals surface area contributed by atoms with Crippen LogP contribution in [-0.2, 0) is 6.54 Å². The van der Waals surface area contributed by atoms with Crippen LogP contribution in [0.5, 0.6) is 5.75 Å². The van der Waals surface area contributed by atoms with Crippen molar-refractivity contribution in [2.75, 3.05) is 12.4 Å². The van der Waals surface area contributed by atoms with Gasteiger partial charge in [-0.05, 0) is 49.2 Å². The molecule has 0 saturated carbocycles. The number of methoxy groups -OCH3 is 1. The van der Waals surface area contributed by atoms with Crippen molar-refractivity contribution in [3.8, 4) is 5.75 Å². The molecule has 0 unspecified atom stereocenters. The molecule has 25 heavy (non-hydrogen) atoms. The monoisotopic (exact) mass is 336 g/mol. The Labute approximate surface area is 148 Å². The molecule has 0 aliphatic carbocycles. The van der Waals surface area contributed by atoms with Crippen molar-refractivity contribution in [3.63, 3.8) is 0 Å². The molecule has 2 aromatic carbocycles. The van der Waals surface area contributed by atoms with Gasteiger partial charge < -0.3 is 14.6 Å². The summed E-state index contributed by atoms with van der Waals surface area (Å²) < 4.78 is 7.31. The van der Waals surface area contributed by atoms with Crippen molar-refractivity contribution in [2.45, 2.75) is 33.2 Å². The average molecular weight is 336 g/mol. The van der Waals surface area contributed by atoms with Crippen molar-refractivity contribution in [3.05, 3.63) is 59.8 Å². The maximum atomic E-state index is 13.0. The van der Waals surface area contributed by atoms with Gasteiger partial charge in [0, 0.05) is 23.1 Å². The van der Waals surface area contributed by atoms with Gasteiger partial charge in [-0.1, -0.05) is 31.5 Å². The highest BCUT2D eigenvalue weighted by molar-refractivity contribution is 6.08. The number of aromatic nitrogens is 1. The minimum Gasteiger partial charge on any atom is -0.497 e. The lowest BCUT2D eigenvalue weighted by molar-refractivity contribution is 0.101. The van der Waals surface area contributed by atoms with Gasteiger partial charge >= 0.3 is 0 Å². The second-order valence-corrected chi connectivity index (χ2v) is 6.18. The lowest BCUT2D eigenvalue weighted by atomic mass is 10.1. The van der Waals surface area contributed by atoms with Gasteiger partial charge in [0.25, 0.3) is 5.91 Å². The number of anilines is 1. The maximum absolute atomic E-state index is 13.0. The number of para-hydroxylation sites is 1. The molecular formula is C21H24N2O2. The Morgan fingerprint density at radius 3 is 2.52 bits per heavy atom. The molecule has 0 aliphatic heterocycles. The average Bonchev–Trinajstić information content (AvgIpc) is 2.93. The number of aryl methyl sites for hydroxylation is 2. The maximum Gasteiger partial charge on any atom is 0.272 e. The zero-order valence-electron chi connectivity index (χ0n) is 15.0. The Bertz CT molecular complexity index is 879. The van der Waals surface area contributed by atoms with Crippen LogP contribution in [0.3, 0.4) is 0 Å². The zero-order chi connectivity index (χ0) is 17.8. The fourth-order valence-corrected chi connectivity index (χ4v) is 3.18. The summed E-state index contributed by atoms with van der Waals surface area (Å²) in [5.41, 5.74) is 3.65. The smallest absolute Gasteiger partial charge is 0.272 e. The Morgan fingerprint density at radius 2 is 1.84 bits per heavy atom. The van der Waals surface area contributed by atoms with Crippen LogP contribution in [0.15, 0.2) is 48.5 Å². The summed E-state index contributed by atoms with van der Waals surface area (Å²) in [7, 11) is 1.63. The van der Waals surface area contributed by atoms with Crippen LogP contribution in [0, 0.1) is 6.92 Å². The van der Waals surface area contributed by atoms with Crippen LogP contribution in [0.4, 0.5) is 5.69 Å². The second-order valence-electron chi connectivity index (χ2n) is 6.18. The molecule has 1 amide bonds. The largest absolute Gasteiger partial charge is 0.497 e. The number of carbonyl (C=O) groups is 1. The van der Waals surface area contributed by atoms with Crippen molar-refractivity contribution in [1.29, 1.82) is 0 Å². The molecule has 0 bridgehead atoms. The third kappa shape index (κ3) is 3.38. The van der Waals surface area contributed by atoms with Gasteiger partial charge in [-0.3, -0.25) is 4.79 Å². The van der Waals surface area contributed by atoms with Crippen molar-refractivity contribution >= 4 is 22.5 Å². The molecule has 1 N–H and O–H groups in total. The van der Waals surface area contributed by atoms with Gasteiger partial charge in [-0.25, -0.2) is 0 Å². The van der Waals surface area contributed by atoms with E-state index in [-0.39, 0.29) is 5.91 Å². The minimum absolute atomic E-state index is 0.0741. The number of amides is 1. The van der Waals surface area contributed by atoms with Gasteiger partial charge in [-0.2, -0.15) is 0 Å². The number of fused-ring (bicyclic) bond motifs is 1. The van der Waals surface area contributed by atoms with Crippen LogP contribution in [0.25, 0.3) is 10.9 Å². The summed E-state index contributed by atoms with van der Waals surface area (Å²) >= 11 is 0. The SMILES string of the molecule is CCCCn1c(C(=O)Nc2ccc(OC)cc2)c(C)c2ccccc21. The molecule has 130 valence electrons. The third-order valence-corrected chi connectivity index (χ3v) is 4.52. The predicted molar refractivity (Wildman–Crippen MR) is 103 cm³/mol. The fourth-order valence-electron chi connectivity index (χ4n) is 3.18. The minimum atomic E-state index is -0.0741. The Hall–Kier alpha value is -2.75. The summed E-state index contributed by atoms with van der Waals surface area (Å²) in [5, 5.41) is 4.15. The van der Waals surface area contributed by atoms with E-state index in [1.54, 1.807) is 7.11 Å². The predicted octanol–water partition coefficient (Wildman–Crippen LogP) is 5.01. The van der Waals surface area contributed by atoms with Crippen LogP contribution < -0.4 is 10.1 Å². The molecule has 3 rings (SSSR count). The molecule has 0 radical (unpaired) electrons. The summed E-state index contributed by atoms with van der Waals surface area (Å²) in [4.78, 5) is 13.0. The van der Waals surface area contributed by atoms with Crippen LogP contribution in [0.2, 0.25) is 0 Å². The number of hydrogen-bond donors (Lipinski definition) is 1. The fraction of sp³-hybridized carbons (Fsp3) is 0.286. The number of benzene rings is 2. The zero-order valence-corrected chi connectivity index (χ0v) is 15.0. The molecule has 1 heterocycles. The topological polar surface area (TPSA) is 43.3 Å². The molecule has 0 spiro atoms. The van der Waals surface area contributed by atoms with E-state index < -0.39 is 0 Å². The van der Waals surface area contributed by atoms with Gasteiger partial charge in [0.15, 0.2) is 0 Å². The van der Waals surface area contributed by atoms with Crippen LogP contribution in [0.1, 0.15) is 35.8 Å². The van der Waals surface area contributed by atoms with Crippen molar-refractivity contribution in [1.82, 2.24) is 4.57 Å². The molecule has 0 saturated heterocycles. The van der Waals surface area contributed by atoms with E-state index in [2.05, 4.69) is 28.9 Å². The third-order valence-electron chi connectivity index (χ3n) is 4.52. The highest BCUT2D eigenvalue weighted by Crippen LogP contribution is 2.27. The summed E-state index contributed by atoms with van der Waals surface area (Å²) in [6, 6.07) is 15.6. The van der Waals surface area contributed by atoms with Gasteiger partial charge in [0.2, 0.25) is 0 Å². The molecule has 0 atom stereocenters. The molecule has 0 aliphatic rings. The Morgan fingerprint density at radius 1 is 1.12 bits per heavy atom. The van der Waals surface area contributed by atoms with Crippen molar-refractivity contribution in [2.24, 2.45) is 0 Å². The Kier molecular flexibility index (Phi) is 5.08. The number of carbonyl (C=O) groups excluding carboxylic acids is 1. The number of nitrogens with zero attached hydrogens (tertiary/aromatic N) is 1. The summed E-state index contributed by atoms with van der Waals surface area (Å²) in [5.74, 6) is 0.696. The van der Waals surface area contributed by atoms with Crippen molar-refractivity contribution < 1.29 is 9.53 Å². The number of hydrogen-bond acceptors (Lipinski definition) is 2. The van der Waals surface area contributed by atoms with E-state index in [9.17, 15) is 4.79 Å². The van der Waals surface area contributed by atoms with Gasteiger partial charge in [-0.15, -0.1) is 0 Å². The number of rotatable bonds is 6. The molecule has 1 aromatic heterocycles. The normalized spacial score (nSPS) is 10.8. The molecule has 4 nitrogen and oxygen atoms in total. The lowest BCUT2D eigenvalue weighted by Gasteiger charge is -2.12. The lowest BCUT2D eigenvalue weighted by Crippen LogP contribution is -2.18. The number of ether oxygens (including phenoxy) is 1. The molecule has 0 fully saturated rings. The first-order valence-corrected chi connectivity index (χ1v) is 8.69. The Balaban J connectivity index is 1.97. The van der Waals surface area contributed by atoms with E-state index in [4.69, 9.17) is 4.74 Å². The van der Waals surface area contributed by atoms with E-state index in [0.29, 0.717) is 0 Å². The standard InChI is InChI=1S/C21H24N2O2/c1-4-5-14-23-19-9-7-6-8-18(19)15(2)20(23)21(24)22-16-10-12-17(25-3)13-11-16/h6-13H,4-5,14H2,1-3H3,(H,22,24). The molecule has 4 heteroatoms. The first kappa shape index (κ1) is 17.1. The highest BCUT2D eigenvalue weighted by Gasteiger charge is 2.19. The first-order valence-electron chi connectivity index (χ1n) is 8.69. The van der Waals surface area contributed by atoms with E-state index in [1.807, 2.05) is 43.3 Å². The van der Waals surface area contributed by atoms with Gasteiger partial charge in [0.1, 0.15) is 11.4 Å². The van der Waals surface area contributed by atoms with E-state index in [1.165, 1.54) is 0 Å². The van der Waals surface area contributed by atoms with Gasteiger partial charge in [0.05, 0.1) is 7.11 Å². The highest BCUT2D eigenvalue weighted by atomic mass is 16.5. The summed E-state index contributed by atoms with van der Waals surface area (Å²) in [6.45, 7) is 5.03. The second kappa shape index (κ2) is 7.43. The molecule has 3 aromatic rings. The van der Waals surface area contributed by atoms with E-state index in [0.717, 1.165) is 53.0 Å². The van der Waals surface area contributed by atoms with Crippen LogP contribution in [-0.4, -0.2) is 17.6 Å². The quantitative estimate of drug-likeness (QED) is 0.687. The summed E-state index contributed by atoms with van der Waals surface area (Å²) in [6.07, 6.45) is 2.13. The van der Waals surface area contributed by atoms with E-state index >= 15 is 0 Å². The molecular weight excluding hydrogens is 312 g/mol. The van der Waals surface area contributed by atoms with Crippen LogP contribution >= 0.6 is 0 Å². The first-order chi connectivity index (χ1) is 12.2.